The highest BCUT2D eigenvalue weighted by molar-refractivity contribution is 6.03. The molecular weight excluding hydrogens is 344 g/mol. The van der Waals surface area contributed by atoms with Crippen LogP contribution in [0.25, 0.3) is 0 Å². The molecule has 1 aromatic heterocycles. The van der Waals surface area contributed by atoms with Gasteiger partial charge in [-0.2, -0.15) is 4.98 Å². The molecule has 8 heteroatoms. The smallest absolute Gasteiger partial charge is 0.258 e. The van der Waals surface area contributed by atoms with Gasteiger partial charge in [0, 0.05) is 18.7 Å². The summed E-state index contributed by atoms with van der Waals surface area (Å²) in [6.45, 7) is 4.89. The standard InChI is InChI=1S/C19H24N6O2/c26-17(16-3-1-2-14(11-16)10-15-4-5-20-12-15)23-18-21-13-22-19(24-18)25-6-8-27-9-7-25/h1-3,11,13,15,20H,4-10,12H2,(H,21,22,23,24,26). The highest BCUT2D eigenvalue weighted by Crippen LogP contribution is 2.17. The van der Waals surface area contributed by atoms with Crippen LogP contribution in [0.3, 0.4) is 0 Å². The van der Waals surface area contributed by atoms with Crippen LogP contribution in [0.4, 0.5) is 11.9 Å². The molecule has 2 aliphatic rings. The van der Waals surface area contributed by atoms with Gasteiger partial charge in [0.15, 0.2) is 0 Å². The van der Waals surface area contributed by atoms with E-state index in [0.717, 1.165) is 32.6 Å². The van der Waals surface area contributed by atoms with Gasteiger partial charge in [-0.25, -0.2) is 9.97 Å². The van der Waals surface area contributed by atoms with Crippen molar-refractivity contribution < 1.29 is 9.53 Å². The largest absolute Gasteiger partial charge is 0.378 e. The second-order valence-corrected chi connectivity index (χ2v) is 6.93. The van der Waals surface area contributed by atoms with Gasteiger partial charge >= 0.3 is 0 Å². The van der Waals surface area contributed by atoms with Crippen molar-refractivity contribution in [2.24, 2.45) is 5.92 Å². The summed E-state index contributed by atoms with van der Waals surface area (Å²) < 4.78 is 5.35. The first-order valence-electron chi connectivity index (χ1n) is 9.41. The van der Waals surface area contributed by atoms with Crippen LogP contribution in [0.5, 0.6) is 0 Å². The molecule has 2 aromatic rings. The molecule has 0 aliphatic carbocycles. The Kier molecular flexibility index (Phi) is 5.55. The molecule has 4 rings (SSSR count). The van der Waals surface area contributed by atoms with Crippen LogP contribution in [-0.2, 0) is 11.2 Å². The van der Waals surface area contributed by atoms with Crippen molar-refractivity contribution >= 4 is 17.8 Å². The maximum Gasteiger partial charge on any atom is 0.258 e. The van der Waals surface area contributed by atoms with E-state index in [1.54, 1.807) is 0 Å². The third-order valence-corrected chi connectivity index (χ3v) is 4.95. The summed E-state index contributed by atoms with van der Waals surface area (Å²) in [7, 11) is 0. The van der Waals surface area contributed by atoms with Gasteiger partial charge in [0.05, 0.1) is 13.2 Å². The average molecular weight is 368 g/mol. The SMILES string of the molecule is O=C(Nc1ncnc(N2CCOCC2)n1)c1cccc(CC2CCNC2)c1. The first kappa shape index (κ1) is 17.8. The predicted molar refractivity (Wildman–Crippen MR) is 102 cm³/mol. The Labute approximate surface area is 158 Å². The van der Waals surface area contributed by atoms with Crippen LogP contribution in [-0.4, -0.2) is 60.3 Å². The summed E-state index contributed by atoms with van der Waals surface area (Å²) in [5.41, 5.74) is 1.80. The number of morpholine rings is 1. The second kappa shape index (κ2) is 8.41. The van der Waals surface area contributed by atoms with Gasteiger partial charge in [0.2, 0.25) is 11.9 Å². The van der Waals surface area contributed by atoms with E-state index in [0.29, 0.717) is 30.6 Å². The zero-order chi connectivity index (χ0) is 18.5. The van der Waals surface area contributed by atoms with Gasteiger partial charge in [-0.3, -0.25) is 10.1 Å². The van der Waals surface area contributed by atoms with Gasteiger partial charge in [-0.15, -0.1) is 0 Å². The maximum absolute atomic E-state index is 12.6. The van der Waals surface area contributed by atoms with Crippen LogP contribution >= 0.6 is 0 Å². The Morgan fingerprint density at radius 3 is 3.00 bits per heavy atom. The minimum Gasteiger partial charge on any atom is -0.378 e. The Morgan fingerprint density at radius 1 is 1.30 bits per heavy atom. The van der Waals surface area contributed by atoms with Crippen molar-refractivity contribution in [1.29, 1.82) is 0 Å². The lowest BCUT2D eigenvalue weighted by Crippen LogP contribution is -2.37. The molecule has 2 N–H and O–H groups in total. The fourth-order valence-corrected chi connectivity index (χ4v) is 3.50. The Hall–Kier alpha value is -2.58. The number of carbonyl (C=O) groups excluding carboxylic acids is 1. The van der Waals surface area contributed by atoms with Gasteiger partial charge in [-0.05, 0) is 49.5 Å². The number of amides is 1. The molecule has 0 saturated carbocycles. The van der Waals surface area contributed by atoms with E-state index < -0.39 is 0 Å². The lowest BCUT2D eigenvalue weighted by atomic mass is 9.97. The topological polar surface area (TPSA) is 92.3 Å². The molecule has 1 amide bonds. The Balaban J connectivity index is 1.42. The molecular formula is C19H24N6O2. The Bertz CT molecular complexity index is 787. The molecule has 0 spiro atoms. The summed E-state index contributed by atoms with van der Waals surface area (Å²) in [5, 5.41) is 6.17. The molecule has 27 heavy (non-hydrogen) atoms. The van der Waals surface area contributed by atoms with Gasteiger partial charge in [0.1, 0.15) is 6.33 Å². The molecule has 0 bridgehead atoms. The summed E-state index contributed by atoms with van der Waals surface area (Å²) in [6.07, 6.45) is 3.60. The predicted octanol–water partition coefficient (Wildman–Crippen LogP) is 1.11. The van der Waals surface area contributed by atoms with Crippen LogP contribution in [0, 0.1) is 5.92 Å². The summed E-state index contributed by atoms with van der Waals surface area (Å²) >= 11 is 0. The maximum atomic E-state index is 12.6. The summed E-state index contributed by atoms with van der Waals surface area (Å²) in [5.74, 6) is 1.26. The number of hydrogen-bond acceptors (Lipinski definition) is 7. The van der Waals surface area contributed by atoms with E-state index in [1.807, 2.05) is 23.1 Å². The molecule has 142 valence electrons. The Morgan fingerprint density at radius 2 is 2.19 bits per heavy atom. The molecule has 3 heterocycles. The fraction of sp³-hybridized carbons (Fsp3) is 0.474. The van der Waals surface area contributed by atoms with E-state index >= 15 is 0 Å². The zero-order valence-electron chi connectivity index (χ0n) is 15.2. The van der Waals surface area contributed by atoms with E-state index in [2.05, 4.69) is 31.7 Å². The molecule has 2 saturated heterocycles. The van der Waals surface area contributed by atoms with Crippen molar-refractivity contribution in [3.8, 4) is 0 Å². The van der Waals surface area contributed by atoms with Crippen LogP contribution in [0.15, 0.2) is 30.6 Å². The first-order chi connectivity index (χ1) is 13.3. The number of aromatic nitrogens is 3. The lowest BCUT2D eigenvalue weighted by Gasteiger charge is -2.26. The van der Waals surface area contributed by atoms with Crippen molar-refractivity contribution in [2.45, 2.75) is 12.8 Å². The molecule has 8 nitrogen and oxygen atoms in total. The van der Waals surface area contributed by atoms with Crippen molar-refractivity contribution in [3.63, 3.8) is 0 Å². The lowest BCUT2D eigenvalue weighted by molar-refractivity contribution is 0.102. The van der Waals surface area contributed by atoms with Crippen molar-refractivity contribution in [1.82, 2.24) is 20.3 Å². The van der Waals surface area contributed by atoms with E-state index in [4.69, 9.17) is 4.74 Å². The van der Waals surface area contributed by atoms with Crippen molar-refractivity contribution in [2.75, 3.05) is 49.6 Å². The zero-order valence-corrected chi connectivity index (χ0v) is 15.2. The summed E-state index contributed by atoms with van der Waals surface area (Å²) in [4.78, 5) is 27.3. The summed E-state index contributed by atoms with van der Waals surface area (Å²) in [6, 6.07) is 7.78. The number of nitrogens with one attached hydrogen (secondary N) is 2. The van der Waals surface area contributed by atoms with Crippen LogP contribution in [0.1, 0.15) is 22.3 Å². The van der Waals surface area contributed by atoms with E-state index in [9.17, 15) is 4.79 Å². The highest BCUT2D eigenvalue weighted by Gasteiger charge is 2.17. The third kappa shape index (κ3) is 4.58. The van der Waals surface area contributed by atoms with Gasteiger partial charge < -0.3 is 15.0 Å². The van der Waals surface area contributed by atoms with Gasteiger partial charge in [0.25, 0.3) is 5.91 Å². The number of carbonyl (C=O) groups is 1. The first-order valence-corrected chi connectivity index (χ1v) is 9.41. The molecule has 1 aromatic carbocycles. The van der Waals surface area contributed by atoms with E-state index in [-0.39, 0.29) is 11.9 Å². The molecule has 2 fully saturated rings. The average Bonchev–Trinajstić information content (AvgIpc) is 3.22. The number of rotatable bonds is 5. The number of ether oxygens (including phenoxy) is 1. The van der Waals surface area contributed by atoms with Crippen molar-refractivity contribution in [3.05, 3.63) is 41.7 Å². The number of hydrogen-bond donors (Lipinski definition) is 2. The van der Waals surface area contributed by atoms with Gasteiger partial charge in [-0.1, -0.05) is 12.1 Å². The molecule has 0 radical (unpaired) electrons. The number of benzene rings is 1. The van der Waals surface area contributed by atoms with Crippen LogP contribution in [0.2, 0.25) is 0 Å². The molecule has 1 unspecified atom stereocenters. The third-order valence-electron chi connectivity index (χ3n) is 4.95. The fourth-order valence-electron chi connectivity index (χ4n) is 3.50. The minimum absolute atomic E-state index is 0.208. The van der Waals surface area contributed by atoms with E-state index in [1.165, 1.54) is 18.3 Å². The molecule has 1 atom stereocenters. The van der Waals surface area contributed by atoms with Crippen LogP contribution < -0.4 is 15.5 Å². The normalized spacial score (nSPS) is 19.9. The highest BCUT2D eigenvalue weighted by atomic mass is 16.5. The number of anilines is 2. The quantitative estimate of drug-likeness (QED) is 0.817. The molecule has 2 aliphatic heterocycles. The number of nitrogens with zero attached hydrogens (tertiary/aromatic N) is 4. The second-order valence-electron chi connectivity index (χ2n) is 6.93. The monoisotopic (exact) mass is 368 g/mol. The minimum atomic E-state index is -0.208.